The first-order valence-corrected chi connectivity index (χ1v) is 14.1. The molecule has 2 bridgehead atoms. The molecule has 3 amide bonds. The largest absolute Gasteiger partial charge is 0.423 e. The highest BCUT2D eigenvalue weighted by Gasteiger charge is 2.38. The molecule has 0 aliphatic carbocycles. The number of piperidine rings is 2. The molecular formula is C28H41ClN6O3. The monoisotopic (exact) mass is 544 g/mol. The lowest BCUT2D eigenvalue weighted by Crippen LogP contribution is -2.60. The second-order valence-electron chi connectivity index (χ2n) is 11.7. The molecule has 4 fully saturated rings. The Kier molecular flexibility index (Phi) is 7.78. The highest BCUT2D eigenvalue weighted by atomic mass is 35.5. The van der Waals surface area contributed by atoms with Gasteiger partial charge in [-0.05, 0) is 71.6 Å². The molecule has 2 unspecified atom stereocenters. The summed E-state index contributed by atoms with van der Waals surface area (Å²) >= 11 is 0. The van der Waals surface area contributed by atoms with Crippen molar-refractivity contribution in [3.8, 4) is 0 Å². The first-order valence-electron chi connectivity index (χ1n) is 14.1. The number of fused-ring (bicyclic) bond motifs is 3. The molecule has 38 heavy (non-hydrogen) atoms. The minimum absolute atomic E-state index is 0. The van der Waals surface area contributed by atoms with Crippen LogP contribution in [0.25, 0.3) is 11.1 Å². The summed E-state index contributed by atoms with van der Waals surface area (Å²) in [5, 5.41) is 3.32. The van der Waals surface area contributed by atoms with E-state index in [2.05, 4.69) is 36.0 Å². The lowest BCUT2D eigenvalue weighted by Gasteiger charge is -2.47. The van der Waals surface area contributed by atoms with Gasteiger partial charge in [-0.25, -0.2) is 4.79 Å². The van der Waals surface area contributed by atoms with E-state index in [1.54, 1.807) is 0 Å². The first-order chi connectivity index (χ1) is 17.9. The van der Waals surface area contributed by atoms with Gasteiger partial charge >= 0.3 is 6.03 Å². The zero-order valence-electron chi connectivity index (χ0n) is 22.8. The number of halogens is 1. The second kappa shape index (κ2) is 10.9. The number of benzene rings is 1. The number of anilines is 1. The average molecular weight is 545 g/mol. The van der Waals surface area contributed by atoms with Gasteiger partial charge in [-0.15, -0.1) is 12.4 Å². The Bertz CT molecular complexity index is 1140. The number of aromatic nitrogens is 1. The summed E-state index contributed by atoms with van der Waals surface area (Å²) in [5.41, 5.74) is 1.80. The molecule has 0 radical (unpaired) electrons. The fourth-order valence-corrected chi connectivity index (χ4v) is 7.19. The maximum absolute atomic E-state index is 13.4. The van der Waals surface area contributed by atoms with Crippen LogP contribution in [0.5, 0.6) is 0 Å². The number of likely N-dealkylation sites (tertiary alicyclic amines) is 1. The molecule has 4 atom stereocenters. The number of carbonyl (C=O) groups is 2. The Labute approximate surface area is 231 Å². The normalized spacial score (nSPS) is 29.9. The molecule has 1 aromatic heterocycles. The highest BCUT2D eigenvalue weighted by molar-refractivity contribution is 6.04. The molecule has 208 valence electrons. The summed E-state index contributed by atoms with van der Waals surface area (Å²) in [6.45, 7) is 7.19. The van der Waals surface area contributed by atoms with E-state index in [0.29, 0.717) is 47.9 Å². The summed E-state index contributed by atoms with van der Waals surface area (Å²) in [5.74, 6) is -0.0693. The molecular weight excluding hydrogens is 504 g/mol. The van der Waals surface area contributed by atoms with Crippen molar-refractivity contribution < 1.29 is 14.0 Å². The third kappa shape index (κ3) is 4.95. The first kappa shape index (κ1) is 27.1. The number of carbonyl (C=O) groups excluding carboxylic acids is 2. The topological polar surface area (TPSA) is 85.2 Å². The van der Waals surface area contributed by atoms with Crippen LogP contribution in [-0.2, 0) is 0 Å². The number of amides is 3. The summed E-state index contributed by atoms with van der Waals surface area (Å²) in [6.07, 6.45) is 7.92. The van der Waals surface area contributed by atoms with Gasteiger partial charge < -0.3 is 29.3 Å². The highest BCUT2D eigenvalue weighted by Crippen LogP contribution is 2.34. The summed E-state index contributed by atoms with van der Waals surface area (Å²) in [4.78, 5) is 39.9. The predicted molar refractivity (Wildman–Crippen MR) is 150 cm³/mol. The van der Waals surface area contributed by atoms with Crippen molar-refractivity contribution in [1.82, 2.24) is 25.0 Å². The number of nitrogens with zero attached hydrogens (tertiary/aromatic N) is 5. The van der Waals surface area contributed by atoms with Crippen LogP contribution in [0, 0.1) is 0 Å². The van der Waals surface area contributed by atoms with Crippen molar-refractivity contribution in [2.24, 2.45) is 0 Å². The number of nitrogens with one attached hydrogen (secondary N) is 1. The fraction of sp³-hybridized carbons (Fsp3) is 0.679. The van der Waals surface area contributed by atoms with E-state index in [0.717, 1.165) is 38.8 Å². The van der Waals surface area contributed by atoms with Crippen molar-refractivity contribution in [3.05, 3.63) is 23.8 Å². The molecule has 9 nitrogen and oxygen atoms in total. The van der Waals surface area contributed by atoms with Gasteiger partial charge in [0.15, 0.2) is 5.58 Å². The number of piperazine rings is 1. The van der Waals surface area contributed by atoms with E-state index in [1.165, 1.54) is 19.3 Å². The maximum atomic E-state index is 13.4. The van der Waals surface area contributed by atoms with Gasteiger partial charge in [-0.1, -0.05) is 12.5 Å². The van der Waals surface area contributed by atoms with Crippen LogP contribution in [0.2, 0.25) is 0 Å². The number of oxazole rings is 1. The molecule has 1 N–H and O–H groups in total. The maximum Gasteiger partial charge on any atom is 0.320 e. The average Bonchev–Trinajstić information content (AvgIpc) is 3.54. The number of para-hydroxylation sites is 1. The predicted octanol–water partition coefficient (Wildman–Crippen LogP) is 4.11. The molecule has 1 aromatic carbocycles. The van der Waals surface area contributed by atoms with Crippen LogP contribution in [-0.4, -0.2) is 95.1 Å². The molecule has 5 heterocycles. The van der Waals surface area contributed by atoms with E-state index in [4.69, 9.17) is 9.40 Å². The number of urea groups is 1. The Morgan fingerprint density at radius 1 is 0.974 bits per heavy atom. The van der Waals surface area contributed by atoms with Crippen molar-refractivity contribution in [2.45, 2.75) is 89.0 Å². The van der Waals surface area contributed by atoms with E-state index in [-0.39, 0.29) is 42.5 Å². The molecule has 10 heteroatoms. The third-order valence-corrected chi connectivity index (χ3v) is 9.11. The number of rotatable bonds is 3. The van der Waals surface area contributed by atoms with E-state index in [1.807, 2.05) is 28.0 Å². The van der Waals surface area contributed by atoms with E-state index >= 15 is 0 Å². The van der Waals surface area contributed by atoms with E-state index in [9.17, 15) is 9.59 Å². The van der Waals surface area contributed by atoms with Crippen LogP contribution in [0.15, 0.2) is 22.6 Å². The number of hydrogen-bond donors (Lipinski definition) is 1. The van der Waals surface area contributed by atoms with Crippen molar-refractivity contribution >= 4 is 41.5 Å². The van der Waals surface area contributed by atoms with Crippen LogP contribution in [0.1, 0.15) is 69.2 Å². The lowest BCUT2D eigenvalue weighted by molar-refractivity contribution is 0.0463. The smallest absolute Gasteiger partial charge is 0.320 e. The SMILES string of the molecule is C[C@H]1CN(C(=O)N2CCCC2)C[C@H](C)N1c1nc2c(C(=O)NC3CC4CCCC(C3)N4C)cccc2o1.Cl. The van der Waals surface area contributed by atoms with Gasteiger partial charge in [-0.2, -0.15) is 4.98 Å². The van der Waals surface area contributed by atoms with Crippen molar-refractivity contribution in [2.75, 3.05) is 38.1 Å². The molecule has 0 saturated carbocycles. The van der Waals surface area contributed by atoms with Crippen LogP contribution in [0.4, 0.5) is 10.8 Å². The van der Waals surface area contributed by atoms with Crippen LogP contribution >= 0.6 is 12.4 Å². The minimum atomic E-state index is -0.0693. The van der Waals surface area contributed by atoms with Gasteiger partial charge in [0.25, 0.3) is 11.9 Å². The standard InChI is InChI=1S/C28H40N6O3.ClH/c1-18-16-33(28(36)32-12-4-5-13-32)17-19(2)34(18)27-30-25-23(10-7-11-24(25)37-27)26(35)29-20-14-21-8-6-9-22(15-20)31(21)3;/h7,10-11,18-22H,4-6,8-9,12-17H2,1-3H3,(H,29,35);1H/t18-,19-,20?,21?,22?;/m0./s1. The van der Waals surface area contributed by atoms with Gasteiger partial charge in [0.2, 0.25) is 0 Å². The molecule has 4 saturated heterocycles. The van der Waals surface area contributed by atoms with Crippen molar-refractivity contribution in [1.29, 1.82) is 0 Å². The number of hydrogen-bond acceptors (Lipinski definition) is 6. The van der Waals surface area contributed by atoms with Gasteiger partial charge in [-0.3, -0.25) is 4.79 Å². The zero-order valence-corrected chi connectivity index (χ0v) is 23.6. The van der Waals surface area contributed by atoms with Gasteiger partial charge in [0, 0.05) is 56.4 Å². The Morgan fingerprint density at radius 3 is 2.29 bits per heavy atom. The van der Waals surface area contributed by atoms with Gasteiger partial charge in [0.05, 0.1) is 5.56 Å². The quantitative estimate of drug-likeness (QED) is 0.626. The minimum Gasteiger partial charge on any atom is -0.423 e. The van der Waals surface area contributed by atoms with Crippen LogP contribution in [0.3, 0.4) is 0 Å². The fourth-order valence-electron chi connectivity index (χ4n) is 7.19. The van der Waals surface area contributed by atoms with E-state index < -0.39 is 0 Å². The summed E-state index contributed by atoms with van der Waals surface area (Å²) < 4.78 is 6.21. The summed E-state index contributed by atoms with van der Waals surface area (Å²) in [6, 6.07) is 7.69. The molecule has 6 rings (SSSR count). The van der Waals surface area contributed by atoms with Crippen LogP contribution < -0.4 is 10.2 Å². The summed E-state index contributed by atoms with van der Waals surface area (Å²) in [7, 11) is 2.23. The lowest BCUT2D eigenvalue weighted by atomic mass is 9.82. The second-order valence-corrected chi connectivity index (χ2v) is 11.7. The molecule has 4 aliphatic rings. The Hall–Kier alpha value is -2.52. The molecule has 2 aromatic rings. The Morgan fingerprint density at radius 2 is 1.63 bits per heavy atom. The van der Waals surface area contributed by atoms with Gasteiger partial charge in [0.1, 0.15) is 5.52 Å². The molecule has 0 spiro atoms. The Balaban J connectivity index is 0.00000294. The molecule has 4 aliphatic heterocycles. The van der Waals surface area contributed by atoms with Crippen molar-refractivity contribution in [3.63, 3.8) is 0 Å². The third-order valence-electron chi connectivity index (χ3n) is 9.11. The zero-order chi connectivity index (χ0) is 25.7.